The van der Waals surface area contributed by atoms with Crippen LogP contribution in [0.15, 0.2) is 0 Å². The highest BCUT2D eigenvalue weighted by Crippen LogP contribution is 2.08. The van der Waals surface area contributed by atoms with E-state index >= 15 is 0 Å². The molecular formula is C15H31NO3. The van der Waals surface area contributed by atoms with Crippen LogP contribution in [-0.4, -0.2) is 37.4 Å². The van der Waals surface area contributed by atoms with E-state index in [1.807, 2.05) is 0 Å². The summed E-state index contributed by atoms with van der Waals surface area (Å²) < 4.78 is 5.01. The molecule has 4 heteroatoms. The number of aliphatic hydroxyl groups excluding tert-OH is 1. The van der Waals surface area contributed by atoms with Crippen LogP contribution in [0, 0.1) is 0 Å². The highest BCUT2D eigenvalue weighted by Gasteiger charge is 2.11. The molecule has 1 atom stereocenters. The first-order valence-electron chi connectivity index (χ1n) is 7.63. The Morgan fingerprint density at radius 1 is 1.16 bits per heavy atom. The Balaban J connectivity index is 3.51. The van der Waals surface area contributed by atoms with Gasteiger partial charge >= 0.3 is 0 Å². The van der Waals surface area contributed by atoms with Gasteiger partial charge in [-0.2, -0.15) is 0 Å². The first kappa shape index (κ1) is 18.4. The smallest absolute Gasteiger partial charge is 0.220 e. The van der Waals surface area contributed by atoms with Gasteiger partial charge in [0.15, 0.2) is 0 Å². The zero-order chi connectivity index (χ0) is 14.3. The van der Waals surface area contributed by atoms with Crippen molar-refractivity contribution < 1.29 is 14.6 Å². The van der Waals surface area contributed by atoms with Crippen LogP contribution in [0.3, 0.4) is 0 Å². The zero-order valence-electron chi connectivity index (χ0n) is 12.6. The van der Waals surface area contributed by atoms with Gasteiger partial charge in [0, 0.05) is 20.1 Å². The molecule has 0 fully saturated rings. The van der Waals surface area contributed by atoms with E-state index in [1.165, 1.54) is 32.1 Å². The van der Waals surface area contributed by atoms with Crippen molar-refractivity contribution in [3.63, 3.8) is 0 Å². The number of methoxy groups -OCH3 is 1. The summed E-state index contributed by atoms with van der Waals surface area (Å²) in [6, 6.07) is -0.0629. The highest BCUT2D eigenvalue weighted by atomic mass is 16.5. The fourth-order valence-electron chi connectivity index (χ4n) is 2.10. The minimum absolute atomic E-state index is 0.0629. The maximum Gasteiger partial charge on any atom is 0.220 e. The molecule has 0 aliphatic heterocycles. The Kier molecular flexibility index (Phi) is 13.4. The van der Waals surface area contributed by atoms with E-state index in [0.29, 0.717) is 19.4 Å². The second-order valence-electron chi connectivity index (χ2n) is 5.10. The van der Waals surface area contributed by atoms with Gasteiger partial charge in [0.2, 0.25) is 5.91 Å². The molecule has 0 aromatic carbocycles. The third-order valence-electron chi connectivity index (χ3n) is 3.22. The van der Waals surface area contributed by atoms with Gasteiger partial charge in [0.05, 0.1) is 12.6 Å². The summed E-state index contributed by atoms with van der Waals surface area (Å²) in [4.78, 5) is 11.7. The summed E-state index contributed by atoms with van der Waals surface area (Å²) >= 11 is 0. The topological polar surface area (TPSA) is 58.6 Å². The Morgan fingerprint density at radius 2 is 1.79 bits per heavy atom. The van der Waals surface area contributed by atoms with E-state index in [9.17, 15) is 4.79 Å². The third kappa shape index (κ3) is 12.2. The molecule has 1 unspecified atom stereocenters. The molecule has 0 radical (unpaired) electrons. The number of rotatable bonds is 13. The Morgan fingerprint density at radius 3 is 2.37 bits per heavy atom. The fourth-order valence-corrected chi connectivity index (χ4v) is 2.10. The molecule has 0 aliphatic rings. The summed E-state index contributed by atoms with van der Waals surface area (Å²) in [5, 5.41) is 11.8. The van der Waals surface area contributed by atoms with Crippen molar-refractivity contribution in [3.05, 3.63) is 0 Å². The molecule has 0 aromatic heterocycles. The number of ether oxygens (including phenoxy) is 1. The van der Waals surface area contributed by atoms with Crippen LogP contribution >= 0.6 is 0 Å². The van der Waals surface area contributed by atoms with Crippen LogP contribution in [0.4, 0.5) is 0 Å². The van der Waals surface area contributed by atoms with E-state index < -0.39 is 0 Å². The van der Waals surface area contributed by atoms with Crippen molar-refractivity contribution in [1.29, 1.82) is 0 Å². The summed E-state index contributed by atoms with van der Waals surface area (Å²) in [5.74, 6) is 0.0732. The molecule has 0 spiro atoms. The first-order valence-corrected chi connectivity index (χ1v) is 7.63. The van der Waals surface area contributed by atoms with Gasteiger partial charge in [0.1, 0.15) is 0 Å². The first-order chi connectivity index (χ1) is 9.24. The van der Waals surface area contributed by atoms with Crippen molar-refractivity contribution in [2.24, 2.45) is 0 Å². The van der Waals surface area contributed by atoms with Gasteiger partial charge in [-0.25, -0.2) is 0 Å². The van der Waals surface area contributed by atoms with E-state index in [-0.39, 0.29) is 18.6 Å². The van der Waals surface area contributed by atoms with Gasteiger partial charge in [-0.3, -0.25) is 4.79 Å². The number of carbonyl (C=O) groups excluding carboxylic acids is 1. The fraction of sp³-hybridized carbons (Fsp3) is 0.933. The van der Waals surface area contributed by atoms with Crippen LogP contribution < -0.4 is 5.32 Å². The molecule has 0 saturated carbocycles. The SMILES string of the molecule is CCCCCCCCCC(=O)NC(CCO)COC. The van der Waals surface area contributed by atoms with Gasteiger partial charge in [0.25, 0.3) is 0 Å². The summed E-state index contributed by atoms with van der Waals surface area (Å²) in [6.45, 7) is 2.75. The maximum absolute atomic E-state index is 11.7. The van der Waals surface area contributed by atoms with Crippen LogP contribution in [0.2, 0.25) is 0 Å². The lowest BCUT2D eigenvalue weighted by Crippen LogP contribution is -2.38. The molecule has 0 bridgehead atoms. The van der Waals surface area contributed by atoms with Gasteiger partial charge < -0.3 is 15.2 Å². The Hall–Kier alpha value is -0.610. The van der Waals surface area contributed by atoms with Crippen molar-refractivity contribution >= 4 is 5.91 Å². The average molecular weight is 273 g/mol. The van der Waals surface area contributed by atoms with E-state index in [1.54, 1.807) is 7.11 Å². The molecule has 4 nitrogen and oxygen atoms in total. The van der Waals surface area contributed by atoms with Crippen molar-refractivity contribution in [1.82, 2.24) is 5.32 Å². The lowest BCUT2D eigenvalue weighted by Gasteiger charge is -2.16. The van der Waals surface area contributed by atoms with Crippen LogP contribution in [0.5, 0.6) is 0 Å². The van der Waals surface area contributed by atoms with E-state index in [4.69, 9.17) is 9.84 Å². The van der Waals surface area contributed by atoms with Crippen molar-refractivity contribution in [2.75, 3.05) is 20.3 Å². The largest absolute Gasteiger partial charge is 0.396 e. The van der Waals surface area contributed by atoms with E-state index in [0.717, 1.165) is 12.8 Å². The number of unbranched alkanes of at least 4 members (excludes halogenated alkanes) is 6. The molecule has 0 aliphatic carbocycles. The third-order valence-corrected chi connectivity index (χ3v) is 3.22. The lowest BCUT2D eigenvalue weighted by atomic mass is 10.1. The predicted molar refractivity (Wildman–Crippen MR) is 78.1 cm³/mol. The molecular weight excluding hydrogens is 242 g/mol. The van der Waals surface area contributed by atoms with Gasteiger partial charge in [-0.15, -0.1) is 0 Å². The minimum Gasteiger partial charge on any atom is -0.396 e. The molecule has 114 valence electrons. The molecule has 1 amide bonds. The minimum atomic E-state index is -0.0629. The maximum atomic E-state index is 11.7. The summed E-state index contributed by atoms with van der Waals surface area (Å²) in [7, 11) is 1.60. The number of hydrogen-bond donors (Lipinski definition) is 2. The molecule has 0 aromatic rings. The Bertz CT molecular complexity index is 204. The average Bonchev–Trinajstić information content (AvgIpc) is 2.38. The normalized spacial score (nSPS) is 12.4. The second kappa shape index (κ2) is 13.8. The van der Waals surface area contributed by atoms with E-state index in [2.05, 4.69) is 12.2 Å². The van der Waals surface area contributed by atoms with Crippen molar-refractivity contribution in [3.8, 4) is 0 Å². The lowest BCUT2D eigenvalue weighted by molar-refractivity contribution is -0.122. The summed E-state index contributed by atoms with van der Waals surface area (Å²) in [6.07, 6.45) is 9.64. The molecule has 19 heavy (non-hydrogen) atoms. The number of nitrogens with one attached hydrogen (secondary N) is 1. The number of carbonyl (C=O) groups is 1. The predicted octanol–water partition coefficient (Wildman–Crippen LogP) is 2.64. The number of aliphatic hydroxyl groups is 1. The number of amides is 1. The monoisotopic (exact) mass is 273 g/mol. The molecule has 0 heterocycles. The molecule has 0 rings (SSSR count). The summed E-state index contributed by atoms with van der Waals surface area (Å²) in [5.41, 5.74) is 0. The molecule has 2 N–H and O–H groups in total. The van der Waals surface area contributed by atoms with Crippen molar-refractivity contribution in [2.45, 2.75) is 70.8 Å². The van der Waals surface area contributed by atoms with Gasteiger partial charge in [-0.05, 0) is 12.8 Å². The van der Waals surface area contributed by atoms with Crippen LogP contribution in [-0.2, 0) is 9.53 Å². The van der Waals surface area contributed by atoms with Gasteiger partial charge in [-0.1, -0.05) is 45.4 Å². The standard InChI is InChI=1S/C15H31NO3/c1-3-4-5-6-7-8-9-10-15(18)16-14(11-12-17)13-19-2/h14,17H,3-13H2,1-2H3,(H,16,18). The molecule has 0 saturated heterocycles. The highest BCUT2D eigenvalue weighted by molar-refractivity contribution is 5.76. The second-order valence-corrected chi connectivity index (χ2v) is 5.10. The quantitative estimate of drug-likeness (QED) is 0.507. The number of hydrogen-bond acceptors (Lipinski definition) is 3. The zero-order valence-corrected chi connectivity index (χ0v) is 12.6. The van der Waals surface area contributed by atoms with Crippen LogP contribution in [0.1, 0.15) is 64.7 Å². The van der Waals surface area contributed by atoms with Crippen LogP contribution in [0.25, 0.3) is 0 Å². The Labute approximate surface area is 117 Å².